The smallest absolute Gasteiger partial charge is 0.141 e. The zero-order valence-corrected chi connectivity index (χ0v) is 29.9. The molecule has 2 aromatic heterocycles. The summed E-state index contributed by atoms with van der Waals surface area (Å²) < 4.78 is 6.60. The van der Waals surface area contributed by atoms with E-state index in [4.69, 9.17) is 9.40 Å². The van der Waals surface area contributed by atoms with Gasteiger partial charge in [0.1, 0.15) is 17.0 Å². The number of rotatable bonds is 6. The summed E-state index contributed by atoms with van der Waals surface area (Å²) in [5.41, 5.74) is 13.0. The number of furan rings is 1. The maximum absolute atomic E-state index is 6.60. The quantitative estimate of drug-likeness (QED) is 0.173. The van der Waals surface area contributed by atoms with Gasteiger partial charge in [-0.05, 0) is 91.7 Å². The molecule has 0 bridgehead atoms. The molecule has 0 amide bonds. The first-order valence-electron chi connectivity index (χ1n) is 18.8. The number of fused-ring (bicyclic) bond motifs is 7. The Morgan fingerprint density at radius 3 is 1.71 bits per heavy atom. The molecule has 8 aromatic carbocycles. The zero-order valence-electron chi connectivity index (χ0n) is 29.9. The van der Waals surface area contributed by atoms with Crippen molar-refractivity contribution in [1.82, 2.24) is 4.98 Å². The van der Waals surface area contributed by atoms with Gasteiger partial charge in [-0.25, -0.2) is 4.98 Å². The lowest BCUT2D eigenvalue weighted by atomic mass is 9.67. The standard InChI is InChI=1S/C52H34N2O/c1-4-14-35(15-5-1)36-24-26-41(27-25-36)54(51-33-50-46(34-53-51)45-30-37-16-10-11-17-38(37)31-49(45)55-50)42-28-29-44-43-22-12-13-23-47(43)52(48(44)32-42,39-18-6-2-7-19-39)40-20-8-3-9-21-40/h1-34H. The van der Waals surface area contributed by atoms with Crippen molar-refractivity contribution in [3.05, 3.63) is 229 Å². The van der Waals surface area contributed by atoms with E-state index in [-0.39, 0.29) is 0 Å². The number of hydrogen-bond acceptors (Lipinski definition) is 3. The van der Waals surface area contributed by atoms with Gasteiger partial charge in [-0.3, -0.25) is 4.90 Å². The van der Waals surface area contributed by atoms with Crippen LogP contribution in [0.5, 0.6) is 0 Å². The van der Waals surface area contributed by atoms with Crippen LogP contribution in [-0.2, 0) is 5.41 Å². The third kappa shape index (κ3) is 4.87. The van der Waals surface area contributed by atoms with E-state index in [0.717, 1.165) is 50.1 Å². The molecule has 0 spiro atoms. The normalized spacial score (nSPS) is 12.9. The van der Waals surface area contributed by atoms with E-state index in [1.165, 1.54) is 44.3 Å². The largest absolute Gasteiger partial charge is 0.456 e. The molecular weight excluding hydrogens is 669 g/mol. The third-order valence-corrected chi connectivity index (χ3v) is 11.4. The highest BCUT2D eigenvalue weighted by molar-refractivity contribution is 6.10. The molecule has 0 atom stereocenters. The number of anilines is 3. The Hall–Kier alpha value is -7.23. The fourth-order valence-electron chi connectivity index (χ4n) is 8.89. The van der Waals surface area contributed by atoms with Crippen LogP contribution in [0, 0.1) is 0 Å². The second kappa shape index (κ2) is 12.4. The molecule has 3 heteroatoms. The van der Waals surface area contributed by atoms with Crippen molar-refractivity contribution in [1.29, 1.82) is 0 Å². The van der Waals surface area contributed by atoms with E-state index in [1.54, 1.807) is 0 Å². The highest BCUT2D eigenvalue weighted by Crippen LogP contribution is 2.57. The van der Waals surface area contributed by atoms with Gasteiger partial charge < -0.3 is 4.42 Å². The summed E-state index contributed by atoms with van der Waals surface area (Å²) in [4.78, 5) is 7.46. The third-order valence-electron chi connectivity index (χ3n) is 11.4. The van der Waals surface area contributed by atoms with Crippen molar-refractivity contribution in [2.75, 3.05) is 4.90 Å². The van der Waals surface area contributed by atoms with Crippen LogP contribution in [0.2, 0.25) is 0 Å². The fraction of sp³-hybridized carbons (Fsp3) is 0.0192. The first-order valence-corrected chi connectivity index (χ1v) is 18.8. The molecule has 55 heavy (non-hydrogen) atoms. The van der Waals surface area contributed by atoms with Crippen molar-refractivity contribution < 1.29 is 4.42 Å². The molecule has 0 unspecified atom stereocenters. The SMILES string of the molecule is c1ccc(-c2ccc(N(c3ccc4c(c3)C(c3ccccc3)(c3ccccc3)c3ccccc3-4)c3cc4oc5cc6ccccc6cc5c4cn3)cc2)cc1. The van der Waals surface area contributed by atoms with Gasteiger partial charge in [0.25, 0.3) is 0 Å². The fourth-order valence-corrected chi connectivity index (χ4v) is 8.89. The Morgan fingerprint density at radius 2 is 0.982 bits per heavy atom. The second-order valence-electron chi connectivity index (χ2n) is 14.3. The van der Waals surface area contributed by atoms with Crippen LogP contribution in [0.1, 0.15) is 22.3 Å². The van der Waals surface area contributed by atoms with Crippen LogP contribution in [0.25, 0.3) is 55.0 Å². The molecule has 0 saturated carbocycles. The molecule has 2 heterocycles. The number of pyridine rings is 1. The van der Waals surface area contributed by atoms with E-state index >= 15 is 0 Å². The van der Waals surface area contributed by atoms with Gasteiger partial charge in [0.05, 0.1) is 5.41 Å². The van der Waals surface area contributed by atoms with Gasteiger partial charge in [0, 0.05) is 34.4 Å². The summed E-state index contributed by atoms with van der Waals surface area (Å²) in [5.74, 6) is 0.782. The van der Waals surface area contributed by atoms with Crippen molar-refractivity contribution in [3.8, 4) is 22.3 Å². The lowest BCUT2D eigenvalue weighted by Gasteiger charge is -2.34. The predicted octanol–water partition coefficient (Wildman–Crippen LogP) is 13.6. The van der Waals surface area contributed by atoms with Crippen LogP contribution in [0.15, 0.2) is 211 Å². The maximum atomic E-state index is 6.60. The Balaban J connectivity index is 1.15. The Bertz CT molecular complexity index is 2980. The summed E-state index contributed by atoms with van der Waals surface area (Å²) in [6, 6.07) is 71.9. The molecule has 0 fully saturated rings. The molecule has 258 valence electrons. The molecule has 1 aliphatic rings. The molecule has 10 aromatic rings. The number of hydrogen-bond donors (Lipinski definition) is 0. The molecule has 0 radical (unpaired) electrons. The van der Waals surface area contributed by atoms with Crippen LogP contribution in [-0.4, -0.2) is 4.98 Å². The van der Waals surface area contributed by atoms with Crippen LogP contribution in [0.3, 0.4) is 0 Å². The molecule has 0 saturated heterocycles. The number of aromatic nitrogens is 1. The minimum Gasteiger partial charge on any atom is -0.456 e. The minimum absolute atomic E-state index is 0.522. The van der Waals surface area contributed by atoms with E-state index in [9.17, 15) is 0 Å². The summed E-state index contributed by atoms with van der Waals surface area (Å²) in [7, 11) is 0. The van der Waals surface area contributed by atoms with Gasteiger partial charge in [0.2, 0.25) is 0 Å². The number of nitrogens with zero attached hydrogens (tertiary/aromatic N) is 2. The number of benzene rings is 8. The van der Waals surface area contributed by atoms with Gasteiger partial charge in [0.15, 0.2) is 0 Å². The molecular formula is C52H34N2O. The average Bonchev–Trinajstić information content (AvgIpc) is 3.76. The van der Waals surface area contributed by atoms with Crippen molar-refractivity contribution in [3.63, 3.8) is 0 Å². The van der Waals surface area contributed by atoms with Crippen LogP contribution >= 0.6 is 0 Å². The molecule has 0 aliphatic heterocycles. The molecule has 0 N–H and O–H groups in total. The van der Waals surface area contributed by atoms with E-state index in [1.807, 2.05) is 6.20 Å². The van der Waals surface area contributed by atoms with E-state index in [0.29, 0.717) is 0 Å². The summed E-state index contributed by atoms with van der Waals surface area (Å²) in [6.07, 6.45) is 1.97. The summed E-state index contributed by atoms with van der Waals surface area (Å²) in [6.45, 7) is 0. The lowest BCUT2D eigenvalue weighted by Crippen LogP contribution is -2.28. The van der Waals surface area contributed by atoms with Gasteiger partial charge in [-0.15, -0.1) is 0 Å². The average molecular weight is 703 g/mol. The van der Waals surface area contributed by atoms with Crippen LogP contribution in [0.4, 0.5) is 17.2 Å². The first-order chi connectivity index (χ1) is 27.3. The first kappa shape index (κ1) is 31.3. The van der Waals surface area contributed by atoms with Gasteiger partial charge in [-0.1, -0.05) is 158 Å². The highest BCUT2D eigenvalue weighted by Gasteiger charge is 2.46. The molecule has 3 nitrogen and oxygen atoms in total. The van der Waals surface area contributed by atoms with Crippen molar-refractivity contribution in [2.24, 2.45) is 0 Å². The van der Waals surface area contributed by atoms with Gasteiger partial charge in [-0.2, -0.15) is 0 Å². The Morgan fingerprint density at radius 1 is 0.418 bits per heavy atom. The molecule has 1 aliphatic carbocycles. The Labute approximate surface area is 319 Å². The topological polar surface area (TPSA) is 29.3 Å². The second-order valence-corrected chi connectivity index (χ2v) is 14.3. The predicted molar refractivity (Wildman–Crippen MR) is 226 cm³/mol. The van der Waals surface area contributed by atoms with E-state index in [2.05, 4.69) is 205 Å². The monoisotopic (exact) mass is 702 g/mol. The minimum atomic E-state index is -0.522. The summed E-state index contributed by atoms with van der Waals surface area (Å²) >= 11 is 0. The van der Waals surface area contributed by atoms with Gasteiger partial charge >= 0.3 is 0 Å². The maximum Gasteiger partial charge on any atom is 0.141 e. The van der Waals surface area contributed by atoms with E-state index < -0.39 is 5.41 Å². The molecule has 11 rings (SSSR count). The summed E-state index contributed by atoms with van der Waals surface area (Å²) in [5, 5.41) is 4.40. The van der Waals surface area contributed by atoms with Crippen LogP contribution < -0.4 is 4.90 Å². The zero-order chi connectivity index (χ0) is 36.3. The Kier molecular flexibility index (Phi) is 7.08. The highest BCUT2D eigenvalue weighted by atomic mass is 16.3. The lowest BCUT2D eigenvalue weighted by molar-refractivity contribution is 0.669. The van der Waals surface area contributed by atoms with Crippen molar-refractivity contribution in [2.45, 2.75) is 5.41 Å². The van der Waals surface area contributed by atoms with Crippen molar-refractivity contribution >= 4 is 49.9 Å².